The Morgan fingerprint density at radius 2 is 1.93 bits per heavy atom. The van der Waals surface area contributed by atoms with Gasteiger partial charge < -0.3 is 10.6 Å². The fourth-order valence-electron chi connectivity index (χ4n) is 3.99. The van der Waals surface area contributed by atoms with E-state index in [4.69, 9.17) is 0 Å². The summed E-state index contributed by atoms with van der Waals surface area (Å²) in [5, 5.41) is 13.8. The predicted octanol–water partition coefficient (Wildman–Crippen LogP) is 3.66. The summed E-state index contributed by atoms with van der Waals surface area (Å²) in [6.45, 7) is 8.69. The summed E-state index contributed by atoms with van der Waals surface area (Å²) in [4.78, 5) is 11.3. The van der Waals surface area contributed by atoms with Crippen molar-refractivity contribution >= 4 is 29.9 Å². The molecule has 1 fully saturated rings. The first kappa shape index (κ1) is 24.6. The van der Waals surface area contributed by atoms with Gasteiger partial charge in [0, 0.05) is 31.7 Å². The van der Waals surface area contributed by atoms with Gasteiger partial charge in [0.25, 0.3) is 0 Å². The third-order valence-electron chi connectivity index (χ3n) is 5.66. The number of aromatic nitrogens is 3. The van der Waals surface area contributed by atoms with E-state index < -0.39 is 0 Å². The first-order valence-electron chi connectivity index (χ1n) is 10.8. The van der Waals surface area contributed by atoms with Crippen molar-refractivity contribution in [2.75, 3.05) is 26.7 Å². The van der Waals surface area contributed by atoms with Gasteiger partial charge in [-0.05, 0) is 43.5 Å². The number of likely N-dealkylation sites (tertiary alicyclic amines) is 1. The second-order valence-corrected chi connectivity index (χ2v) is 8.10. The van der Waals surface area contributed by atoms with Gasteiger partial charge in [0.05, 0.1) is 0 Å². The van der Waals surface area contributed by atoms with Gasteiger partial charge in [-0.15, -0.1) is 24.0 Å². The number of H-pyrrole nitrogens is 1. The highest BCUT2D eigenvalue weighted by Gasteiger charge is 2.22. The van der Waals surface area contributed by atoms with Crippen molar-refractivity contribution in [3.63, 3.8) is 0 Å². The van der Waals surface area contributed by atoms with Gasteiger partial charge >= 0.3 is 0 Å². The minimum absolute atomic E-state index is 0. The van der Waals surface area contributed by atoms with Crippen molar-refractivity contribution in [1.82, 2.24) is 30.7 Å². The number of aliphatic imine (C=N–C) groups is 1. The summed E-state index contributed by atoms with van der Waals surface area (Å²) in [7, 11) is 1.83. The van der Waals surface area contributed by atoms with Gasteiger partial charge in [-0.2, -0.15) is 5.10 Å². The number of nitrogens with one attached hydrogen (secondary N) is 3. The molecule has 3 rings (SSSR count). The number of hydrogen-bond donors (Lipinski definition) is 3. The van der Waals surface area contributed by atoms with Crippen molar-refractivity contribution in [3.05, 3.63) is 36.2 Å². The molecule has 166 valence electrons. The van der Waals surface area contributed by atoms with E-state index in [1.807, 2.05) is 19.2 Å². The zero-order chi connectivity index (χ0) is 20.5. The lowest BCUT2D eigenvalue weighted by Gasteiger charge is -2.34. The van der Waals surface area contributed by atoms with Crippen LogP contribution in [0, 0.1) is 5.92 Å². The molecule has 0 saturated carbocycles. The molecular formula is C22H36IN7. The first-order chi connectivity index (χ1) is 14.2. The molecule has 0 spiro atoms. The van der Waals surface area contributed by atoms with E-state index in [0.717, 1.165) is 23.9 Å². The highest BCUT2D eigenvalue weighted by molar-refractivity contribution is 14.0. The van der Waals surface area contributed by atoms with Crippen LogP contribution in [0.25, 0.3) is 11.4 Å². The maximum atomic E-state index is 4.42. The molecule has 1 saturated heterocycles. The van der Waals surface area contributed by atoms with E-state index >= 15 is 0 Å². The molecule has 1 unspecified atom stereocenters. The number of nitrogens with zero attached hydrogens (tertiary/aromatic N) is 4. The Labute approximate surface area is 197 Å². The lowest BCUT2D eigenvalue weighted by molar-refractivity contribution is 0.161. The van der Waals surface area contributed by atoms with Crippen LogP contribution in [-0.4, -0.2) is 58.8 Å². The van der Waals surface area contributed by atoms with Gasteiger partial charge in [0.1, 0.15) is 6.33 Å². The average Bonchev–Trinajstić information content (AvgIpc) is 3.14. The van der Waals surface area contributed by atoms with Crippen molar-refractivity contribution < 1.29 is 0 Å². The zero-order valence-corrected chi connectivity index (χ0v) is 20.7. The normalized spacial score (nSPS) is 16.6. The van der Waals surface area contributed by atoms with Crippen LogP contribution in [0.3, 0.4) is 0 Å². The minimum atomic E-state index is 0. The Morgan fingerprint density at radius 3 is 2.57 bits per heavy atom. The molecule has 1 atom stereocenters. The number of aromatic amines is 1. The number of guanidine groups is 1. The number of halogens is 1. The molecule has 0 bridgehead atoms. The Kier molecular flexibility index (Phi) is 10.6. The Hall–Kier alpha value is -1.68. The van der Waals surface area contributed by atoms with Gasteiger partial charge in [-0.25, -0.2) is 4.98 Å². The van der Waals surface area contributed by atoms with Gasteiger partial charge in [-0.3, -0.25) is 15.0 Å². The Balaban J connectivity index is 0.00000320. The van der Waals surface area contributed by atoms with Gasteiger partial charge in [0.2, 0.25) is 0 Å². The summed E-state index contributed by atoms with van der Waals surface area (Å²) in [5.41, 5.74) is 2.21. The molecule has 1 aliphatic rings. The predicted molar refractivity (Wildman–Crippen MR) is 134 cm³/mol. The summed E-state index contributed by atoms with van der Waals surface area (Å²) < 4.78 is 0. The highest BCUT2D eigenvalue weighted by atomic mass is 127. The quantitative estimate of drug-likeness (QED) is 0.292. The second-order valence-electron chi connectivity index (χ2n) is 8.10. The topological polar surface area (TPSA) is 81.2 Å². The van der Waals surface area contributed by atoms with Crippen LogP contribution >= 0.6 is 24.0 Å². The van der Waals surface area contributed by atoms with Crippen molar-refractivity contribution in [3.8, 4) is 11.4 Å². The van der Waals surface area contributed by atoms with Crippen molar-refractivity contribution in [2.24, 2.45) is 10.9 Å². The number of hydrogen-bond acceptors (Lipinski definition) is 4. The largest absolute Gasteiger partial charge is 0.355 e. The van der Waals surface area contributed by atoms with Crippen LogP contribution in [0.5, 0.6) is 0 Å². The summed E-state index contributed by atoms with van der Waals surface area (Å²) >= 11 is 0. The van der Waals surface area contributed by atoms with Crippen LogP contribution < -0.4 is 10.6 Å². The van der Waals surface area contributed by atoms with Crippen molar-refractivity contribution in [2.45, 2.75) is 52.1 Å². The van der Waals surface area contributed by atoms with Crippen LogP contribution in [0.4, 0.5) is 0 Å². The standard InChI is InChI=1S/C22H35N7.HI/c1-17(2)20(29-11-6-4-5-7-12-29)15-25-22(23-3)24-14-18-9-8-10-19(13-18)21-26-16-27-28-21;/h8-10,13,16-17,20H,4-7,11-12,14-15H2,1-3H3,(H2,23,24,25)(H,26,27,28);1H. The number of benzene rings is 1. The third kappa shape index (κ3) is 7.23. The van der Waals surface area contributed by atoms with Crippen LogP contribution in [0.15, 0.2) is 35.6 Å². The van der Waals surface area contributed by atoms with E-state index in [-0.39, 0.29) is 24.0 Å². The lowest BCUT2D eigenvalue weighted by atomic mass is 10.0. The smallest absolute Gasteiger partial charge is 0.191 e. The third-order valence-corrected chi connectivity index (χ3v) is 5.66. The van der Waals surface area contributed by atoms with E-state index in [1.165, 1.54) is 50.7 Å². The molecule has 2 heterocycles. The van der Waals surface area contributed by atoms with Gasteiger partial charge in [-0.1, -0.05) is 44.9 Å². The lowest BCUT2D eigenvalue weighted by Crippen LogP contribution is -2.49. The second kappa shape index (κ2) is 12.9. The van der Waals surface area contributed by atoms with Crippen LogP contribution in [0.2, 0.25) is 0 Å². The van der Waals surface area contributed by atoms with E-state index in [1.54, 1.807) is 0 Å². The summed E-state index contributed by atoms with van der Waals surface area (Å²) in [6.07, 6.45) is 6.90. The maximum absolute atomic E-state index is 4.42. The molecule has 2 aromatic rings. The zero-order valence-electron chi connectivity index (χ0n) is 18.4. The molecule has 8 heteroatoms. The molecule has 1 aromatic carbocycles. The van der Waals surface area contributed by atoms with Gasteiger partial charge in [0.15, 0.2) is 11.8 Å². The maximum Gasteiger partial charge on any atom is 0.191 e. The van der Waals surface area contributed by atoms with E-state index in [9.17, 15) is 0 Å². The Bertz CT molecular complexity index is 753. The summed E-state index contributed by atoms with van der Waals surface area (Å²) in [5.74, 6) is 2.24. The van der Waals surface area contributed by atoms with Crippen LogP contribution in [0.1, 0.15) is 45.1 Å². The molecule has 1 aliphatic heterocycles. The number of rotatable bonds is 7. The Morgan fingerprint density at radius 1 is 1.17 bits per heavy atom. The van der Waals surface area contributed by atoms with Crippen molar-refractivity contribution in [1.29, 1.82) is 0 Å². The summed E-state index contributed by atoms with van der Waals surface area (Å²) in [6, 6.07) is 8.83. The van der Waals surface area contributed by atoms with Crippen LogP contribution in [-0.2, 0) is 6.54 Å². The molecule has 0 aliphatic carbocycles. The molecule has 0 radical (unpaired) electrons. The SMILES string of the molecule is CN=C(NCc1cccc(-c2ncn[nH]2)c1)NCC(C(C)C)N1CCCCCC1.I. The monoisotopic (exact) mass is 525 g/mol. The first-order valence-corrected chi connectivity index (χ1v) is 10.8. The molecule has 3 N–H and O–H groups in total. The van der Waals surface area contributed by atoms with E-state index in [0.29, 0.717) is 18.5 Å². The minimum Gasteiger partial charge on any atom is -0.355 e. The average molecular weight is 525 g/mol. The fourth-order valence-corrected chi connectivity index (χ4v) is 3.99. The molecule has 30 heavy (non-hydrogen) atoms. The highest BCUT2D eigenvalue weighted by Crippen LogP contribution is 2.17. The van der Waals surface area contributed by atoms with E-state index in [2.05, 4.69) is 61.7 Å². The fraction of sp³-hybridized carbons (Fsp3) is 0.591. The molecule has 1 aromatic heterocycles. The molecule has 7 nitrogen and oxygen atoms in total. The molecular weight excluding hydrogens is 489 g/mol. The molecule has 0 amide bonds.